The number of benzene rings is 2. The number of hydrogen-bond donors (Lipinski definition) is 3. The number of ketones is 1. The van der Waals surface area contributed by atoms with Crippen LogP contribution in [0.3, 0.4) is 0 Å². The van der Waals surface area contributed by atoms with Crippen molar-refractivity contribution in [1.82, 2.24) is 5.43 Å². The van der Waals surface area contributed by atoms with Crippen LogP contribution in [-0.2, 0) is 11.4 Å². The molecule has 2 aliphatic rings. The van der Waals surface area contributed by atoms with Gasteiger partial charge in [-0.3, -0.25) is 10.2 Å². The minimum Gasteiger partial charge on any atom is -0.493 e. The number of aliphatic hydroxyl groups is 1. The number of Topliss-reactive ketones (excluding diaryl/α,β-unsaturated/α-hetero) is 1. The van der Waals surface area contributed by atoms with Gasteiger partial charge < -0.3 is 20.5 Å². The molecule has 28 heavy (non-hydrogen) atoms. The Morgan fingerprint density at radius 1 is 1.32 bits per heavy atom. The zero-order valence-corrected chi connectivity index (χ0v) is 15.8. The summed E-state index contributed by atoms with van der Waals surface area (Å²) in [6.45, 7) is 3.31. The summed E-state index contributed by atoms with van der Waals surface area (Å²) in [5.74, 6) is 0.830. The third-order valence-corrected chi connectivity index (χ3v) is 5.25. The standard InChI is InChI=1S/C21H24N4O3/c1-13-16-10-19(28-8-4-7-22)17(15-6-3-2-5-14(15)11-26)9-18(16)25-12-23-24-21(25)20(13)27/h2-3,5-6,9-10,13,23,26H,4,7-8,11-12,22H2,1H3. The van der Waals surface area contributed by atoms with Crippen molar-refractivity contribution in [3.63, 3.8) is 0 Å². The molecule has 2 aromatic carbocycles. The highest BCUT2D eigenvalue weighted by atomic mass is 16.5. The van der Waals surface area contributed by atoms with Crippen LogP contribution < -0.4 is 20.8 Å². The Hall–Kier alpha value is -2.90. The monoisotopic (exact) mass is 380 g/mol. The first-order valence-corrected chi connectivity index (χ1v) is 9.48. The number of amidine groups is 1. The first-order chi connectivity index (χ1) is 13.7. The van der Waals surface area contributed by atoms with E-state index >= 15 is 0 Å². The Bertz CT molecular complexity index is 941. The molecule has 0 aliphatic carbocycles. The predicted octanol–water partition coefficient (Wildman–Crippen LogP) is 1.94. The fourth-order valence-corrected chi connectivity index (χ4v) is 3.72. The quantitative estimate of drug-likeness (QED) is 0.662. The molecule has 2 aliphatic heterocycles. The molecular weight excluding hydrogens is 356 g/mol. The number of fused-ring (bicyclic) bond motifs is 3. The molecule has 7 heteroatoms. The van der Waals surface area contributed by atoms with Gasteiger partial charge in [-0.15, -0.1) is 0 Å². The van der Waals surface area contributed by atoms with Crippen LogP contribution in [0.15, 0.2) is 41.5 Å². The van der Waals surface area contributed by atoms with E-state index in [4.69, 9.17) is 10.5 Å². The Labute approximate surface area is 163 Å². The summed E-state index contributed by atoms with van der Waals surface area (Å²) in [4.78, 5) is 14.6. The van der Waals surface area contributed by atoms with E-state index in [0.717, 1.165) is 34.4 Å². The molecule has 7 nitrogen and oxygen atoms in total. The number of nitrogens with one attached hydrogen (secondary N) is 1. The maximum absolute atomic E-state index is 12.7. The van der Waals surface area contributed by atoms with E-state index in [9.17, 15) is 9.90 Å². The first kappa shape index (κ1) is 18.5. The van der Waals surface area contributed by atoms with Gasteiger partial charge in [-0.05, 0) is 41.8 Å². The van der Waals surface area contributed by atoms with Crippen LogP contribution in [0, 0.1) is 0 Å². The number of hydrazone groups is 1. The van der Waals surface area contributed by atoms with Crippen LogP contribution in [0.1, 0.15) is 30.4 Å². The van der Waals surface area contributed by atoms with Gasteiger partial charge in [-0.1, -0.05) is 31.2 Å². The summed E-state index contributed by atoms with van der Waals surface area (Å²) in [6.07, 6.45) is 0.736. The second-order valence-electron chi connectivity index (χ2n) is 6.98. The molecule has 1 unspecified atom stereocenters. The average Bonchev–Trinajstić information content (AvgIpc) is 3.22. The zero-order valence-electron chi connectivity index (χ0n) is 15.8. The van der Waals surface area contributed by atoms with Gasteiger partial charge in [-0.2, -0.15) is 5.10 Å². The largest absolute Gasteiger partial charge is 0.493 e. The lowest BCUT2D eigenvalue weighted by Crippen LogP contribution is -2.41. The fourth-order valence-electron chi connectivity index (χ4n) is 3.72. The minimum atomic E-state index is -0.302. The molecule has 146 valence electrons. The molecule has 4 N–H and O–H groups in total. The molecule has 0 spiro atoms. The zero-order chi connectivity index (χ0) is 19.7. The lowest BCUT2D eigenvalue weighted by atomic mass is 9.87. The van der Waals surface area contributed by atoms with Crippen molar-refractivity contribution in [3.05, 3.63) is 47.5 Å². The second-order valence-corrected chi connectivity index (χ2v) is 6.98. The molecule has 0 radical (unpaired) electrons. The molecular formula is C21H24N4O3. The Balaban J connectivity index is 1.88. The number of anilines is 1. The van der Waals surface area contributed by atoms with Gasteiger partial charge in [0.2, 0.25) is 5.78 Å². The Morgan fingerprint density at radius 2 is 2.14 bits per heavy atom. The third kappa shape index (κ3) is 3.02. The number of aliphatic hydroxyl groups excluding tert-OH is 1. The van der Waals surface area contributed by atoms with Crippen LogP contribution in [0.5, 0.6) is 5.75 Å². The highest BCUT2D eigenvalue weighted by Crippen LogP contribution is 2.43. The first-order valence-electron chi connectivity index (χ1n) is 9.48. The van der Waals surface area contributed by atoms with E-state index in [2.05, 4.69) is 10.5 Å². The van der Waals surface area contributed by atoms with Gasteiger partial charge in [0.05, 0.1) is 19.1 Å². The molecule has 0 saturated carbocycles. The second kappa shape index (κ2) is 7.61. The lowest BCUT2D eigenvalue weighted by Gasteiger charge is -2.31. The van der Waals surface area contributed by atoms with E-state index in [1.807, 2.05) is 48.2 Å². The molecule has 0 aromatic heterocycles. The maximum atomic E-state index is 12.7. The van der Waals surface area contributed by atoms with E-state index in [0.29, 0.717) is 31.4 Å². The van der Waals surface area contributed by atoms with E-state index in [1.54, 1.807) is 0 Å². The number of nitrogens with two attached hydrogens (primary N) is 1. The molecule has 4 rings (SSSR count). The molecule has 0 saturated heterocycles. The van der Waals surface area contributed by atoms with Crippen LogP contribution in [-0.4, -0.2) is 36.5 Å². The van der Waals surface area contributed by atoms with Gasteiger partial charge >= 0.3 is 0 Å². The number of nitrogens with zero attached hydrogens (tertiary/aromatic N) is 2. The van der Waals surface area contributed by atoms with Crippen molar-refractivity contribution in [2.75, 3.05) is 24.7 Å². The van der Waals surface area contributed by atoms with Gasteiger partial charge in [0.1, 0.15) is 12.4 Å². The normalized spacial score (nSPS) is 17.7. The summed E-state index contributed by atoms with van der Waals surface area (Å²) in [7, 11) is 0. The highest BCUT2D eigenvalue weighted by Gasteiger charge is 2.38. The Morgan fingerprint density at radius 3 is 2.93 bits per heavy atom. The number of carbonyl (C=O) groups excluding carboxylic acids is 1. The van der Waals surface area contributed by atoms with Crippen molar-refractivity contribution >= 4 is 17.3 Å². The summed E-state index contributed by atoms with van der Waals surface area (Å²) in [5.41, 5.74) is 13.0. The van der Waals surface area contributed by atoms with Crippen LogP contribution in [0.4, 0.5) is 5.69 Å². The smallest absolute Gasteiger partial charge is 0.207 e. The maximum Gasteiger partial charge on any atom is 0.207 e. The van der Waals surface area contributed by atoms with Gasteiger partial charge in [0.25, 0.3) is 0 Å². The molecule has 0 amide bonds. The van der Waals surface area contributed by atoms with Crippen molar-refractivity contribution in [1.29, 1.82) is 0 Å². The van der Waals surface area contributed by atoms with Crippen LogP contribution in [0.2, 0.25) is 0 Å². The fraction of sp³-hybridized carbons (Fsp3) is 0.333. The predicted molar refractivity (Wildman–Crippen MR) is 108 cm³/mol. The van der Waals surface area contributed by atoms with Crippen LogP contribution >= 0.6 is 0 Å². The number of hydrogen-bond acceptors (Lipinski definition) is 7. The third-order valence-electron chi connectivity index (χ3n) is 5.25. The topological polar surface area (TPSA) is 100 Å². The molecule has 2 heterocycles. The molecule has 0 fully saturated rings. The van der Waals surface area contributed by atoms with E-state index < -0.39 is 0 Å². The van der Waals surface area contributed by atoms with Crippen molar-refractivity contribution in [3.8, 4) is 16.9 Å². The number of carbonyl (C=O) groups is 1. The highest BCUT2D eigenvalue weighted by molar-refractivity contribution is 6.47. The molecule has 2 aromatic rings. The average molecular weight is 380 g/mol. The summed E-state index contributed by atoms with van der Waals surface area (Å²) in [6, 6.07) is 11.7. The van der Waals surface area contributed by atoms with Crippen molar-refractivity contribution in [2.45, 2.75) is 25.9 Å². The van der Waals surface area contributed by atoms with Gasteiger partial charge in [0.15, 0.2) is 5.84 Å². The summed E-state index contributed by atoms with van der Waals surface area (Å²) >= 11 is 0. The lowest BCUT2D eigenvalue weighted by molar-refractivity contribution is -0.114. The van der Waals surface area contributed by atoms with Gasteiger partial charge in [-0.25, -0.2) is 0 Å². The van der Waals surface area contributed by atoms with E-state index in [1.165, 1.54) is 0 Å². The SMILES string of the molecule is CC1C(=O)C2=NNCN2c2cc(-c3ccccc3CO)c(OCCCN)cc21. The van der Waals surface area contributed by atoms with E-state index in [-0.39, 0.29) is 18.3 Å². The van der Waals surface area contributed by atoms with Crippen molar-refractivity contribution in [2.24, 2.45) is 10.8 Å². The Kier molecular flexibility index (Phi) is 5.02. The van der Waals surface area contributed by atoms with Crippen LogP contribution in [0.25, 0.3) is 11.1 Å². The molecule has 0 bridgehead atoms. The number of ether oxygens (including phenoxy) is 1. The summed E-state index contributed by atoms with van der Waals surface area (Å²) in [5, 5.41) is 14.0. The van der Waals surface area contributed by atoms with Gasteiger partial charge in [0, 0.05) is 11.3 Å². The van der Waals surface area contributed by atoms with Crippen molar-refractivity contribution < 1.29 is 14.6 Å². The summed E-state index contributed by atoms with van der Waals surface area (Å²) < 4.78 is 6.06. The minimum absolute atomic E-state index is 0.00563. The number of rotatable bonds is 6. The molecule has 1 atom stereocenters.